The standard InChI is InChI=1S/C17H27NO4S/c1-12-9-14(17(2,3)4)16(21-5)15(10-12)23(19,20)18-11-13-7-6-8-22-13/h9-10,13,18H,6-8,11H2,1-5H3. The van der Waals surface area contributed by atoms with Crippen LogP contribution in [0.25, 0.3) is 0 Å². The summed E-state index contributed by atoms with van der Waals surface area (Å²) in [6, 6.07) is 3.64. The smallest absolute Gasteiger partial charge is 0.244 e. The molecular weight excluding hydrogens is 314 g/mol. The lowest BCUT2D eigenvalue weighted by Crippen LogP contribution is -2.32. The first kappa shape index (κ1) is 18.2. The Kier molecular flexibility index (Phi) is 5.38. The van der Waals surface area contributed by atoms with Crippen molar-refractivity contribution in [3.63, 3.8) is 0 Å². The first-order valence-corrected chi connectivity index (χ1v) is 9.44. The van der Waals surface area contributed by atoms with E-state index in [9.17, 15) is 8.42 Å². The topological polar surface area (TPSA) is 64.6 Å². The highest BCUT2D eigenvalue weighted by atomic mass is 32.2. The molecule has 1 heterocycles. The van der Waals surface area contributed by atoms with Crippen LogP contribution in [0.3, 0.4) is 0 Å². The summed E-state index contributed by atoms with van der Waals surface area (Å²) in [4.78, 5) is 0.197. The van der Waals surface area contributed by atoms with Gasteiger partial charge >= 0.3 is 0 Å². The highest BCUT2D eigenvalue weighted by Gasteiger charge is 2.28. The molecule has 0 radical (unpaired) electrons. The molecule has 1 unspecified atom stereocenters. The van der Waals surface area contributed by atoms with Crippen molar-refractivity contribution in [2.24, 2.45) is 0 Å². The number of hydrogen-bond donors (Lipinski definition) is 1. The van der Waals surface area contributed by atoms with Crippen molar-refractivity contribution in [2.45, 2.75) is 57.0 Å². The number of hydrogen-bond acceptors (Lipinski definition) is 4. The average Bonchev–Trinajstić information content (AvgIpc) is 2.97. The highest BCUT2D eigenvalue weighted by molar-refractivity contribution is 7.89. The van der Waals surface area contributed by atoms with Crippen molar-refractivity contribution >= 4 is 10.0 Å². The first-order valence-electron chi connectivity index (χ1n) is 7.95. The van der Waals surface area contributed by atoms with E-state index in [-0.39, 0.29) is 16.4 Å². The minimum Gasteiger partial charge on any atom is -0.495 e. The molecule has 1 fully saturated rings. The second-order valence-corrected chi connectivity index (χ2v) is 8.82. The zero-order valence-electron chi connectivity index (χ0n) is 14.6. The number of methoxy groups -OCH3 is 1. The average molecular weight is 341 g/mol. The van der Waals surface area contributed by atoms with Gasteiger partial charge in [0.05, 0.1) is 13.2 Å². The molecule has 5 nitrogen and oxygen atoms in total. The van der Waals surface area contributed by atoms with Gasteiger partial charge in [0, 0.05) is 18.7 Å². The van der Waals surface area contributed by atoms with E-state index < -0.39 is 10.0 Å². The van der Waals surface area contributed by atoms with Gasteiger partial charge in [-0.05, 0) is 36.8 Å². The lowest BCUT2D eigenvalue weighted by Gasteiger charge is -2.25. The summed E-state index contributed by atoms with van der Waals surface area (Å²) >= 11 is 0. The van der Waals surface area contributed by atoms with Crippen molar-refractivity contribution in [1.29, 1.82) is 0 Å². The van der Waals surface area contributed by atoms with Crippen molar-refractivity contribution in [3.05, 3.63) is 23.3 Å². The molecule has 2 rings (SSSR count). The van der Waals surface area contributed by atoms with Crippen LogP contribution in [0.4, 0.5) is 0 Å². The molecule has 1 aromatic rings. The summed E-state index contributed by atoms with van der Waals surface area (Å²) in [5, 5.41) is 0. The number of aryl methyl sites for hydroxylation is 1. The SMILES string of the molecule is COc1c(C(C)(C)C)cc(C)cc1S(=O)(=O)NCC1CCCO1. The van der Waals surface area contributed by atoms with Crippen LogP contribution in [0.1, 0.15) is 44.7 Å². The predicted molar refractivity (Wildman–Crippen MR) is 90.6 cm³/mol. The molecule has 0 aliphatic carbocycles. The van der Waals surface area contributed by atoms with Crippen LogP contribution in [-0.2, 0) is 20.2 Å². The molecule has 1 aliphatic rings. The maximum absolute atomic E-state index is 12.8. The van der Waals surface area contributed by atoms with Crippen LogP contribution in [0, 0.1) is 6.92 Å². The van der Waals surface area contributed by atoms with Gasteiger partial charge in [-0.1, -0.05) is 26.8 Å². The van der Waals surface area contributed by atoms with E-state index in [0.29, 0.717) is 18.9 Å². The second-order valence-electron chi connectivity index (χ2n) is 7.08. The van der Waals surface area contributed by atoms with Gasteiger partial charge in [-0.15, -0.1) is 0 Å². The molecule has 0 amide bonds. The lowest BCUT2D eigenvalue weighted by molar-refractivity contribution is 0.114. The fourth-order valence-corrected chi connectivity index (χ4v) is 4.13. The van der Waals surface area contributed by atoms with Crippen LogP contribution in [0.2, 0.25) is 0 Å². The Morgan fingerprint density at radius 1 is 1.35 bits per heavy atom. The molecule has 1 aromatic carbocycles. The summed E-state index contributed by atoms with van der Waals surface area (Å²) in [6.45, 7) is 9.02. The van der Waals surface area contributed by atoms with E-state index in [1.807, 2.05) is 33.8 Å². The minimum atomic E-state index is -3.65. The normalized spacial score (nSPS) is 19.1. The summed E-state index contributed by atoms with van der Waals surface area (Å²) < 4.78 is 39.1. The zero-order valence-corrected chi connectivity index (χ0v) is 15.4. The van der Waals surface area contributed by atoms with E-state index in [0.717, 1.165) is 24.0 Å². The highest BCUT2D eigenvalue weighted by Crippen LogP contribution is 2.37. The Labute approximate surface area is 139 Å². The Bertz CT molecular complexity index is 656. The summed E-state index contributed by atoms with van der Waals surface area (Å²) in [5.74, 6) is 0.419. The molecular formula is C17H27NO4S. The molecule has 6 heteroatoms. The van der Waals surface area contributed by atoms with Gasteiger partial charge in [0.1, 0.15) is 10.6 Å². The molecule has 1 saturated heterocycles. The molecule has 1 N–H and O–H groups in total. The van der Waals surface area contributed by atoms with E-state index in [4.69, 9.17) is 9.47 Å². The number of nitrogens with one attached hydrogen (secondary N) is 1. The minimum absolute atomic E-state index is 0.0392. The summed E-state index contributed by atoms with van der Waals surface area (Å²) in [6.07, 6.45) is 1.83. The van der Waals surface area contributed by atoms with Crippen LogP contribution in [0.15, 0.2) is 17.0 Å². The van der Waals surface area contributed by atoms with E-state index in [2.05, 4.69) is 4.72 Å². The molecule has 1 atom stereocenters. The van der Waals surface area contributed by atoms with Crippen molar-refractivity contribution in [3.8, 4) is 5.75 Å². The Balaban J connectivity index is 2.38. The van der Waals surface area contributed by atoms with E-state index >= 15 is 0 Å². The summed E-state index contributed by atoms with van der Waals surface area (Å²) in [5.41, 5.74) is 1.57. The van der Waals surface area contributed by atoms with Gasteiger partial charge in [0.2, 0.25) is 10.0 Å². The Morgan fingerprint density at radius 2 is 2.04 bits per heavy atom. The van der Waals surface area contributed by atoms with Crippen molar-refractivity contribution < 1.29 is 17.9 Å². The molecule has 0 bridgehead atoms. The molecule has 23 heavy (non-hydrogen) atoms. The van der Waals surface area contributed by atoms with Gasteiger partial charge in [-0.2, -0.15) is 0 Å². The number of rotatable bonds is 5. The summed E-state index contributed by atoms with van der Waals surface area (Å²) in [7, 11) is -2.14. The Morgan fingerprint density at radius 3 is 2.57 bits per heavy atom. The second kappa shape index (κ2) is 6.79. The van der Waals surface area contributed by atoms with Gasteiger partial charge < -0.3 is 9.47 Å². The van der Waals surface area contributed by atoms with Crippen LogP contribution < -0.4 is 9.46 Å². The zero-order chi connectivity index (χ0) is 17.3. The third-order valence-corrected chi connectivity index (χ3v) is 5.45. The molecule has 1 aliphatic heterocycles. The number of ether oxygens (including phenoxy) is 2. The molecule has 130 valence electrons. The fourth-order valence-electron chi connectivity index (χ4n) is 2.79. The Hall–Kier alpha value is -1.11. The van der Waals surface area contributed by atoms with Crippen molar-refractivity contribution in [1.82, 2.24) is 4.72 Å². The third kappa shape index (κ3) is 4.25. The molecule has 0 spiro atoms. The number of benzene rings is 1. The maximum Gasteiger partial charge on any atom is 0.244 e. The van der Waals surface area contributed by atoms with E-state index in [1.165, 1.54) is 7.11 Å². The van der Waals surface area contributed by atoms with Crippen LogP contribution in [0.5, 0.6) is 5.75 Å². The van der Waals surface area contributed by atoms with Crippen molar-refractivity contribution in [2.75, 3.05) is 20.3 Å². The quantitative estimate of drug-likeness (QED) is 0.894. The van der Waals surface area contributed by atoms with E-state index in [1.54, 1.807) is 6.07 Å². The van der Waals surface area contributed by atoms with Gasteiger partial charge in [0.25, 0.3) is 0 Å². The molecule has 0 aromatic heterocycles. The monoisotopic (exact) mass is 341 g/mol. The third-order valence-electron chi connectivity index (χ3n) is 4.03. The predicted octanol–water partition coefficient (Wildman–Crippen LogP) is 2.76. The van der Waals surface area contributed by atoms with Crippen LogP contribution >= 0.6 is 0 Å². The fraction of sp³-hybridized carbons (Fsp3) is 0.647. The van der Waals surface area contributed by atoms with Crippen LogP contribution in [-0.4, -0.2) is 34.8 Å². The maximum atomic E-state index is 12.8. The van der Waals surface area contributed by atoms with Gasteiger partial charge in [-0.3, -0.25) is 0 Å². The first-order chi connectivity index (χ1) is 10.6. The molecule has 0 saturated carbocycles. The van der Waals surface area contributed by atoms with Gasteiger partial charge in [0.15, 0.2) is 0 Å². The van der Waals surface area contributed by atoms with Gasteiger partial charge in [-0.25, -0.2) is 13.1 Å². The lowest BCUT2D eigenvalue weighted by atomic mass is 9.85. The largest absolute Gasteiger partial charge is 0.495 e. The number of sulfonamides is 1.